The minimum absolute atomic E-state index is 0. The fourth-order valence-electron chi connectivity index (χ4n) is 1.32. The van der Waals surface area contributed by atoms with E-state index in [-0.39, 0.29) is 1270 Å². The first kappa shape index (κ1) is 781. The molecule has 0 atom stereocenters. The molecule has 0 saturated heterocycles. The van der Waals surface area contributed by atoms with Gasteiger partial charge in [0.15, 0.2) is 11.5 Å². The molecule has 0 unspecified atom stereocenters. The minimum Gasteiger partial charge on any atom is -0.504 e. The van der Waals surface area contributed by atoms with Gasteiger partial charge in [0.05, 0.1) is 0 Å². The van der Waals surface area contributed by atoms with Gasteiger partial charge in [-0.15, -0.1) is 1260 Å². The first-order valence-electron chi connectivity index (χ1n) is 3.56. The molecule has 0 aromatic heterocycles. The van der Waals surface area contributed by atoms with Gasteiger partial charge in [-0.3, -0.25) is 0 Å². The second-order valence-corrected chi connectivity index (χ2v) is 2.67. The van der Waals surface area contributed by atoms with Crippen LogP contribution in [-0.4, -0.2) is 16.8 Å². The Morgan fingerprint density at radius 3 is 0.365 bits per heavy atom. The average Bonchev–Trinajstić information content (AvgIpc) is 2.36. The molecule has 1 aliphatic rings. The number of phenols is 2. The van der Waals surface area contributed by atoms with Gasteiger partial charge in [0.1, 0.15) is 0 Å². The third-order valence-electron chi connectivity index (χ3n) is 1.91. The quantitative estimate of drug-likeness (QED) is 0.179. The summed E-state index contributed by atoms with van der Waals surface area (Å²) in [4.78, 5) is 0. The van der Waals surface area contributed by atoms with Crippen LogP contribution in [0.5, 0.6) is 11.5 Å². The van der Waals surface area contributed by atoms with Gasteiger partial charge in [0.2, 0.25) is 0 Å². The second kappa shape index (κ2) is 620. The molecule has 77 heteroatoms. The summed E-state index contributed by atoms with van der Waals surface area (Å²) in [7, 11) is 0. The molecule has 0 radical (unpaired) electrons. The van der Waals surface area contributed by atoms with E-state index < -0.39 is 0 Å². The number of hydrogen-bond donors (Lipinski definition) is 3. The Morgan fingerprint density at radius 1 is 0.165 bits per heavy atom. The van der Waals surface area contributed by atoms with Crippen molar-refractivity contribution in [3.63, 3.8) is 0 Å². The van der Waals surface area contributed by atoms with E-state index in [1.54, 1.807) is 12.1 Å². The summed E-state index contributed by atoms with van der Waals surface area (Å²) in [6.45, 7) is 0.887. The maximum atomic E-state index is 9.11. The van der Waals surface area contributed by atoms with Crippen molar-refractivity contribution in [3.8, 4) is 11.5 Å². The smallest absolute Gasteiger partial charge is 0.159 e. The predicted octanol–water partition coefficient (Wildman–Crippen LogP) is 43.8. The van der Waals surface area contributed by atoms with Crippen LogP contribution in [0.3, 0.4) is 0 Å². The standard InChI is InChI=1S/C8H9NO2.74BrH/c10-7-3-5-1-2-9-6(5)4-8(7)11;;;;;;;;;;;;;;;;;;;;;;;;;;;;;;;;;;;;;;;;;;;;;;;;;;;;;;;;;;;;;;;;;;;;;;;;;;/h3-4,9-11H,1-2H2;74*1H. The molecular formula is C8H83Br74NO2. The highest BCUT2D eigenvalue weighted by atomic mass is 80.0. The van der Waals surface area contributed by atoms with E-state index in [4.69, 9.17) is 10.2 Å². The lowest BCUT2D eigenvalue weighted by Crippen LogP contribution is -1.90. The molecule has 3 N–H and O–H groups in total. The Hall–Kier alpha value is 34.1. The number of anilines is 1. The van der Waals surface area contributed by atoms with Gasteiger partial charge in [-0.25, -0.2) is 0 Å². The molecule has 0 amide bonds. The number of halogens is 74. The molecule has 1 aromatic carbocycles. The highest BCUT2D eigenvalue weighted by molar-refractivity contribution is 9.00. The normalized spacial score (nSPS) is 1.84. The number of hydrogen-bond acceptors (Lipinski definition) is 3. The summed E-state index contributed by atoms with van der Waals surface area (Å²) in [6, 6.07) is 3.16. The monoisotopic (exact) mass is 6070 g/mol. The lowest BCUT2D eigenvalue weighted by Gasteiger charge is -2.01. The number of fused-ring (bicyclic) bond motifs is 1. The van der Waals surface area contributed by atoms with Gasteiger partial charge < -0.3 is 15.5 Å². The molecular weight excluding hydrogens is 6050 g/mol. The van der Waals surface area contributed by atoms with Gasteiger partial charge in [-0.1, -0.05) is 0 Å². The molecule has 0 bridgehead atoms. The molecule has 0 fully saturated rings. The van der Waals surface area contributed by atoms with Crippen LogP contribution in [0.15, 0.2) is 12.1 Å². The fourth-order valence-corrected chi connectivity index (χ4v) is 1.32. The first-order valence-corrected chi connectivity index (χ1v) is 3.56. The van der Waals surface area contributed by atoms with Crippen LogP contribution in [0.4, 0.5) is 5.69 Å². The lowest BCUT2D eigenvalue weighted by atomic mass is 10.1. The van der Waals surface area contributed by atoms with Crippen LogP contribution in [0, 0.1) is 0 Å². The molecule has 1 aromatic rings. The van der Waals surface area contributed by atoms with Crippen LogP contribution in [0.2, 0.25) is 0 Å². The van der Waals surface area contributed by atoms with E-state index in [9.17, 15) is 0 Å². The van der Waals surface area contributed by atoms with Crippen molar-refractivity contribution in [2.24, 2.45) is 0 Å². The minimum atomic E-state index is -0.0573. The number of rotatable bonds is 0. The topological polar surface area (TPSA) is 52.5 Å². The van der Waals surface area contributed by atoms with Crippen molar-refractivity contribution in [2.75, 3.05) is 11.9 Å². The molecule has 1 aliphatic heterocycles. The molecule has 650 valence electrons. The van der Waals surface area contributed by atoms with Crippen molar-refractivity contribution in [3.05, 3.63) is 17.7 Å². The van der Waals surface area contributed by atoms with Crippen molar-refractivity contribution in [2.45, 2.75) is 6.42 Å². The first-order chi connectivity index (χ1) is 5.27. The van der Waals surface area contributed by atoms with E-state index in [2.05, 4.69) is 5.32 Å². The average molecular weight is 6140 g/mol. The van der Waals surface area contributed by atoms with Crippen LogP contribution >= 0.6 is 1260 Å². The second-order valence-electron chi connectivity index (χ2n) is 2.67. The molecule has 3 nitrogen and oxygen atoms in total. The van der Waals surface area contributed by atoms with Gasteiger partial charge in [0.25, 0.3) is 0 Å². The molecule has 85 heavy (non-hydrogen) atoms. The van der Waals surface area contributed by atoms with Gasteiger partial charge in [0, 0.05) is 18.3 Å². The summed E-state index contributed by atoms with van der Waals surface area (Å²) in [6.07, 6.45) is 0.920. The van der Waals surface area contributed by atoms with Crippen molar-refractivity contribution in [1.29, 1.82) is 0 Å². The van der Waals surface area contributed by atoms with Gasteiger partial charge in [-0.2, -0.15) is 0 Å². The number of benzene rings is 1. The number of phenolic OH excluding ortho intramolecular Hbond substituents is 2. The Balaban J connectivity index is -0.000000000274. The summed E-state index contributed by atoms with van der Waals surface area (Å²) < 4.78 is 0. The predicted molar refractivity (Wildman–Crippen MR) is 806 cm³/mol. The Labute approximate surface area is 1290 Å². The van der Waals surface area contributed by atoms with Crippen LogP contribution in [0.1, 0.15) is 5.56 Å². The zero-order valence-corrected chi connectivity index (χ0v) is 163. The van der Waals surface area contributed by atoms with Crippen LogP contribution in [0.25, 0.3) is 0 Å². The molecule has 0 aliphatic carbocycles. The largest absolute Gasteiger partial charge is 0.504 e. The Kier molecular flexibility index (Phi) is 5700. The summed E-state index contributed by atoms with van der Waals surface area (Å²) >= 11 is 0. The van der Waals surface area contributed by atoms with Gasteiger partial charge in [-0.05, 0) is 18.1 Å². The number of nitrogens with one attached hydrogen (secondary N) is 1. The molecule has 2 rings (SSSR count). The van der Waals surface area contributed by atoms with Gasteiger partial charge >= 0.3 is 0 Å². The van der Waals surface area contributed by atoms with Crippen molar-refractivity contribution in [1.82, 2.24) is 0 Å². The van der Waals surface area contributed by atoms with E-state index in [1.165, 1.54) is 0 Å². The zero-order valence-electron chi connectivity index (χ0n) is 36.2. The molecule has 0 spiro atoms. The Bertz CT molecular complexity index is 315. The van der Waals surface area contributed by atoms with Crippen molar-refractivity contribution >= 4 is 1260 Å². The summed E-state index contributed by atoms with van der Waals surface area (Å²) in [5.41, 5.74) is 2.00. The van der Waals surface area contributed by atoms with E-state index in [0.29, 0.717) is 0 Å². The highest BCUT2D eigenvalue weighted by Gasteiger charge is 2.12. The Morgan fingerprint density at radius 2 is 0.259 bits per heavy atom. The maximum Gasteiger partial charge on any atom is 0.159 e. The fraction of sp³-hybridized carbons (Fsp3) is 0.250. The lowest BCUT2D eigenvalue weighted by molar-refractivity contribution is 0.403. The number of aromatic hydroxyl groups is 2. The third kappa shape index (κ3) is 506. The highest BCUT2D eigenvalue weighted by Crippen LogP contribution is 2.33. The van der Waals surface area contributed by atoms with E-state index in [1.807, 2.05) is 0 Å². The summed E-state index contributed by atoms with van der Waals surface area (Å²) in [5, 5.41) is 21.3. The summed E-state index contributed by atoms with van der Waals surface area (Å²) in [5.74, 6) is -0.0920. The van der Waals surface area contributed by atoms with Crippen LogP contribution < -0.4 is 5.32 Å². The van der Waals surface area contributed by atoms with E-state index >= 15 is 0 Å². The molecule has 0 saturated carbocycles. The zero-order chi connectivity index (χ0) is 7.84. The van der Waals surface area contributed by atoms with Crippen molar-refractivity contribution < 1.29 is 10.2 Å². The third-order valence-corrected chi connectivity index (χ3v) is 1.91. The molecule has 1 heterocycles. The SMILES string of the molecule is Br.Br.Br.Br.Br.Br.Br.Br.Br.Br.Br.Br.Br.Br.Br.Br.Br.Br.Br.Br.Br.Br.Br.Br.Br.Br.Br.Br.Br.Br.Br.Br.Br.Br.Br.Br.Br.Br.Br.Br.Br.Br.Br.Br.Br.Br.Br.Br.Br.Br.Br.Br.Br.Br.Br.Br.Br.Br.Br.Br.Br.Br.Br.Br.Br.Br.Br.Br.Br.Br.Br.Br.Br.Br.Oc1cc2c(cc1O)NCC2. The maximum absolute atomic E-state index is 9.11. The van der Waals surface area contributed by atoms with E-state index in [0.717, 1.165) is 24.2 Å². The van der Waals surface area contributed by atoms with Crippen LogP contribution in [-0.2, 0) is 6.42 Å².